The van der Waals surface area contributed by atoms with Gasteiger partial charge in [0, 0.05) is 6.08 Å². The summed E-state index contributed by atoms with van der Waals surface area (Å²) in [5, 5.41) is 16.4. The van der Waals surface area contributed by atoms with E-state index < -0.39 is 67.9 Å². The third-order valence-electron chi connectivity index (χ3n) is 3.94. The van der Waals surface area contributed by atoms with Crippen molar-refractivity contribution in [2.45, 2.75) is 23.1 Å². The molecule has 132 valence electrons. The number of carbonyl (C=O) groups is 4. The van der Waals surface area contributed by atoms with Crippen LogP contribution in [0.1, 0.15) is 6.92 Å². The predicted octanol–water partition coefficient (Wildman–Crippen LogP) is -1.41. The zero-order chi connectivity index (χ0) is 18.4. The quantitative estimate of drug-likeness (QED) is 0.253. The summed E-state index contributed by atoms with van der Waals surface area (Å²) >= 11 is 5.25. The second kappa shape index (κ2) is 5.74. The summed E-state index contributed by atoms with van der Waals surface area (Å²) in [5.41, 5.74) is -0.541. The van der Waals surface area contributed by atoms with Gasteiger partial charge in [0.15, 0.2) is 21.3 Å². The molecule has 1 amide bonds. The van der Waals surface area contributed by atoms with Gasteiger partial charge in [-0.3, -0.25) is 9.59 Å². The fourth-order valence-corrected chi connectivity index (χ4v) is 5.14. The van der Waals surface area contributed by atoms with E-state index in [1.807, 2.05) is 0 Å². The van der Waals surface area contributed by atoms with Crippen LogP contribution in [0, 0.1) is 0 Å². The minimum absolute atomic E-state index is 0.427. The van der Waals surface area contributed by atoms with Crippen molar-refractivity contribution in [2.24, 2.45) is 0 Å². The van der Waals surface area contributed by atoms with Crippen LogP contribution >= 0.6 is 11.6 Å². The maximum atomic E-state index is 12.7. The lowest BCUT2D eigenvalue weighted by Gasteiger charge is -2.37. The van der Waals surface area contributed by atoms with Gasteiger partial charge in [-0.25, -0.2) is 18.0 Å². The summed E-state index contributed by atoms with van der Waals surface area (Å²) in [7, 11) is -4.38. The second-order valence-electron chi connectivity index (χ2n) is 5.40. The number of carboxylic acids is 2. The lowest BCUT2D eigenvalue weighted by atomic mass is 9.94. The molecular formula is C12H12ClNO9S. The molecule has 2 N–H and O–H groups in total. The van der Waals surface area contributed by atoms with Crippen LogP contribution in [0.5, 0.6) is 0 Å². The highest BCUT2D eigenvalue weighted by atomic mass is 35.5. The maximum absolute atomic E-state index is 12.7. The van der Waals surface area contributed by atoms with Gasteiger partial charge >= 0.3 is 17.9 Å². The molecular weight excluding hydrogens is 370 g/mol. The van der Waals surface area contributed by atoms with E-state index in [1.54, 1.807) is 0 Å². The number of alkyl halides is 1. The highest BCUT2D eigenvalue weighted by Crippen LogP contribution is 2.48. The van der Waals surface area contributed by atoms with E-state index in [-0.39, 0.29) is 0 Å². The highest BCUT2D eigenvalue weighted by molar-refractivity contribution is 7.94. The Labute approximate surface area is 140 Å². The first-order valence-corrected chi connectivity index (χ1v) is 8.52. The number of carboxylic acid groups (broad SMARTS) is 2. The number of β-lactam (4-membered cyclic amide) rings is 1. The van der Waals surface area contributed by atoms with Gasteiger partial charge in [-0.15, -0.1) is 11.6 Å². The Bertz CT molecular complexity index is 773. The number of halogens is 1. The first-order chi connectivity index (χ1) is 11.0. The minimum Gasteiger partial charge on any atom is -0.480 e. The van der Waals surface area contributed by atoms with Crippen molar-refractivity contribution in [3.8, 4) is 0 Å². The Balaban J connectivity index is 2.52. The minimum atomic E-state index is -4.38. The standard InChI is InChI=1S/C12H12ClNO9S/c1-12(4-23-7(17)3-13)8(11(19)20)14-9(18)5(2-6(15)16)10(14)24(12,21)22/h2,8,10H,3-4H2,1H3,(H,15,16)(H,19,20)/b5-2+/t8-,10+,12-/m0/s1. The summed E-state index contributed by atoms with van der Waals surface area (Å²) < 4.78 is 28.0. The highest BCUT2D eigenvalue weighted by Gasteiger charge is 2.72. The van der Waals surface area contributed by atoms with Gasteiger partial charge < -0.3 is 19.8 Å². The van der Waals surface area contributed by atoms with Crippen LogP contribution < -0.4 is 0 Å². The molecule has 0 radical (unpaired) electrons. The molecule has 0 aliphatic carbocycles. The van der Waals surface area contributed by atoms with E-state index in [4.69, 9.17) is 16.7 Å². The third kappa shape index (κ3) is 2.35. The van der Waals surface area contributed by atoms with Gasteiger partial charge in [0.25, 0.3) is 5.91 Å². The number of fused-ring (bicyclic) bond motifs is 1. The number of hydrogen-bond acceptors (Lipinski definition) is 7. The molecule has 0 saturated carbocycles. The average Bonchev–Trinajstić information content (AvgIpc) is 2.65. The van der Waals surface area contributed by atoms with E-state index in [2.05, 4.69) is 4.74 Å². The fourth-order valence-electron chi connectivity index (χ4n) is 2.79. The Morgan fingerprint density at radius 1 is 1.38 bits per heavy atom. The number of amides is 1. The predicted molar refractivity (Wildman–Crippen MR) is 76.8 cm³/mol. The van der Waals surface area contributed by atoms with Gasteiger partial charge in [-0.2, -0.15) is 0 Å². The van der Waals surface area contributed by atoms with Gasteiger partial charge in [0.1, 0.15) is 17.2 Å². The van der Waals surface area contributed by atoms with Crippen LogP contribution in [0.3, 0.4) is 0 Å². The van der Waals surface area contributed by atoms with Gasteiger partial charge in [-0.05, 0) is 6.92 Å². The van der Waals surface area contributed by atoms with Crippen LogP contribution in [0.15, 0.2) is 11.6 Å². The van der Waals surface area contributed by atoms with Gasteiger partial charge in [0.2, 0.25) is 0 Å². The summed E-state index contributed by atoms with van der Waals surface area (Å²) in [6.07, 6.45) is 0.427. The zero-order valence-corrected chi connectivity index (χ0v) is 13.7. The summed E-state index contributed by atoms with van der Waals surface area (Å²) in [6.45, 7) is 0.186. The van der Waals surface area contributed by atoms with Crippen LogP contribution in [0.2, 0.25) is 0 Å². The average molecular weight is 382 g/mol. The largest absolute Gasteiger partial charge is 0.480 e. The first-order valence-electron chi connectivity index (χ1n) is 6.44. The van der Waals surface area contributed by atoms with E-state index in [1.165, 1.54) is 0 Å². The van der Waals surface area contributed by atoms with Crippen molar-refractivity contribution >= 4 is 45.3 Å². The zero-order valence-electron chi connectivity index (χ0n) is 12.1. The number of carbonyl (C=O) groups excluding carboxylic acids is 2. The van der Waals surface area contributed by atoms with E-state index in [9.17, 15) is 32.7 Å². The molecule has 24 heavy (non-hydrogen) atoms. The Hall–Kier alpha value is -2.14. The molecule has 0 aromatic rings. The Morgan fingerprint density at radius 2 is 1.96 bits per heavy atom. The van der Waals surface area contributed by atoms with Crippen molar-refractivity contribution in [1.82, 2.24) is 4.90 Å². The molecule has 2 saturated heterocycles. The summed E-state index contributed by atoms with van der Waals surface area (Å²) in [4.78, 5) is 46.0. The summed E-state index contributed by atoms with van der Waals surface area (Å²) in [5.74, 6) is -5.69. The molecule has 2 aliphatic rings. The topological polar surface area (TPSA) is 155 Å². The van der Waals surface area contributed by atoms with Crippen molar-refractivity contribution in [3.05, 3.63) is 11.6 Å². The molecule has 0 spiro atoms. The number of esters is 1. The molecule has 0 bridgehead atoms. The third-order valence-corrected chi connectivity index (χ3v) is 6.87. The van der Waals surface area contributed by atoms with Gasteiger partial charge in [0.05, 0.1) is 5.57 Å². The lowest BCUT2D eigenvalue weighted by molar-refractivity contribution is -0.155. The molecule has 10 nitrogen and oxygen atoms in total. The summed E-state index contributed by atoms with van der Waals surface area (Å²) in [6, 6.07) is -1.82. The van der Waals surface area contributed by atoms with E-state index in [0.717, 1.165) is 6.92 Å². The number of aliphatic carboxylic acids is 2. The van der Waals surface area contributed by atoms with Crippen molar-refractivity contribution < 1.29 is 42.5 Å². The number of rotatable bonds is 5. The smallest absolute Gasteiger partial charge is 0.328 e. The SMILES string of the molecule is C[C@]1(COC(=O)CCl)[C@H](C(=O)O)N2C(=O)/C(=C\C(=O)O)[C@H]2S1(=O)=O. The normalized spacial score (nSPS) is 32.2. The van der Waals surface area contributed by atoms with Crippen molar-refractivity contribution in [1.29, 1.82) is 0 Å². The van der Waals surface area contributed by atoms with Crippen LogP contribution in [-0.2, 0) is 33.8 Å². The number of sulfone groups is 1. The molecule has 2 fully saturated rings. The maximum Gasteiger partial charge on any atom is 0.328 e. The molecule has 12 heteroatoms. The second-order valence-corrected chi connectivity index (χ2v) is 8.13. The molecule has 2 rings (SSSR count). The molecule has 0 unspecified atom stereocenters. The first kappa shape index (κ1) is 18.2. The van der Waals surface area contributed by atoms with E-state index in [0.29, 0.717) is 11.0 Å². The number of nitrogens with zero attached hydrogens (tertiary/aromatic N) is 1. The number of hydrogen-bond donors (Lipinski definition) is 2. The van der Waals surface area contributed by atoms with Crippen molar-refractivity contribution in [3.63, 3.8) is 0 Å². The fraction of sp³-hybridized carbons (Fsp3) is 0.500. The van der Waals surface area contributed by atoms with Crippen molar-refractivity contribution in [2.75, 3.05) is 12.5 Å². The Kier molecular flexibility index (Phi) is 4.35. The molecule has 0 aromatic carbocycles. The van der Waals surface area contributed by atoms with Crippen LogP contribution in [0.25, 0.3) is 0 Å². The Morgan fingerprint density at radius 3 is 2.42 bits per heavy atom. The van der Waals surface area contributed by atoms with Gasteiger partial charge in [-0.1, -0.05) is 0 Å². The molecule has 3 atom stereocenters. The van der Waals surface area contributed by atoms with Crippen LogP contribution in [0.4, 0.5) is 0 Å². The van der Waals surface area contributed by atoms with E-state index >= 15 is 0 Å². The lowest BCUT2D eigenvalue weighted by Crippen LogP contribution is -2.59. The number of ether oxygens (including phenoxy) is 1. The van der Waals surface area contributed by atoms with Crippen LogP contribution in [-0.4, -0.2) is 76.0 Å². The monoisotopic (exact) mass is 381 g/mol. The molecule has 2 aliphatic heterocycles. The molecule has 0 aromatic heterocycles. The molecule has 2 heterocycles.